The van der Waals surface area contributed by atoms with Crippen LogP contribution in [0.25, 0.3) is 0 Å². The summed E-state index contributed by atoms with van der Waals surface area (Å²) in [6, 6.07) is 5.15. The number of carbonyl (C=O) groups is 1. The third kappa shape index (κ3) is 3.08. The summed E-state index contributed by atoms with van der Waals surface area (Å²) in [5.74, 6) is 1.03. The summed E-state index contributed by atoms with van der Waals surface area (Å²) in [6.45, 7) is 1.23. The van der Waals surface area contributed by atoms with Gasteiger partial charge in [-0.3, -0.25) is 10.1 Å². The van der Waals surface area contributed by atoms with Crippen molar-refractivity contribution < 1.29 is 9.21 Å². The van der Waals surface area contributed by atoms with Gasteiger partial charge < -0.3 is 9.73 Å². The topological polar surface area (TPSA) is 78.1 Å². The zero-order valence-corrected chi connectivity index (χ0v) is 9.53. The van der Waals surface area contributed by atoms with Crippen molar-refractivity contribution >= 4 is 5.91 Å². The largest absolute Gasteiger partial charge is 0.449 e. The molecule has 1 amide bonds. The molecule has 2 rings (SSSR count). The molecule has 0 aromatic carbocycles. The molecule has 90 valence electrons. The average molecular weight is 233 g/mol. The van der Waals surface area contributed by atoms with Gasteiger partial charge in [-0.15, -0.1) is 0 Å². The summed E-state index contributed by atoms with van der Waals surface area (Å²) in [7, 11) is 0. The van der Waals surface area contributed by atoms with Crippen LogP contribution in [-0.4, -0.2) is 18.5 Å². The van der Waals surface area contributed by atoms with Gasteiger partial charge in [-0.2, -0.15) is 5.26 Å². The number of carbonyl (C=O) groups excluding carboxylic acids is 1. The lowest BCUT2D eigenvalue weighted by molar-refractivity contribution is -0.122. The molecule has 17 heavy (non-hydrogen) atoms. The Labute approximate surface area is 99.8 Å². The van der Waals surface area contributed by atoms with Crippen molar-refractivity contribution in [3.63, 3.8) is 0 Å². The minimum atomic E-state index is -0.159. The molecule has 1 aliphatic heterocycles. The fraction of sp³-hybridized carbons (Fsp3) is 0.500. The summed E-state index contributed by atoms with van der Waals surface area (Å²) < 4.78 is 5.24. The molecule has 0 spiro atoms. The van der Waals surface area contributed by atoms with Crippen molar-refractivity contribution in [2.45, 2.75) is 31.8 Å². The summed E-state index contributed by atoms with van der Waals surface area (Å²) >= 11 is 0. The SMILES string of the molecule is N#Cc1ccc(CNC2CCCCNC2=O)o1. The minimum Gasteiger partial charge on any atom is -0.449 e. The van der Waals surface area contributed by atoms with E-state index in [9.17, 15) is 4.79 Å². The van der Waals surface area contributed by atoms with Gasteiger partial charge in [-0.25, -0.2) is 0 Å². The van der Waals surface area contributed by atoms with Crippen LogP contribution in [0.3, 0.4) is 0 Å². The second-order valence-electron chi connectivity index (χ2n) is 4.10. The Hall–Kier alpha value is -1.80. The number of rotatable bonds is 3. The van der Waals surface area contributed by atoms with Gasteiger partial charge in [0.05, 0.1) is 12.6 Å². The maximum Gasteiger partial charge on any atom is 0.237 e. The Balaban J connectivity index is 1.88. The van der Waals surface area contributed by atoms with E-state index in [0.29, 0.717) is 18.1 Å². The van der Waals surface area contributed by atoms with E-state index in [1.165, 1.54) is 0 Å². The number of hydrogen-bond acceptors (Lipinski definition) is 4. The van der Waals surface area contributed by atoms with Crippen molar-refractivity contribution in [2.24, 2.45) is 0 Å². The number of furan rings is 1. The Bertz CT molecular complexity index is 433. The first-order valence-corrected chi connectivity index (χ1v) is 5.79. The first-order valence-electron chi connectivity index (χ1n) is 5.79. The molecule has 1 aromatic rings. The number of nitrogens with zero attached hydrogens (tertiary/aromatic N) is 1. The van der Waals surface area contributed by atoms with Crippen LogP contribution in [0.15, 0.2) is 16.5 Å². The monoisotopic (exact) mass is 233 g/mol. The van der Waals surface area contributed by atoms with E-state index in [1.54, 1.807) is 12.1 Å². The molecule has 0 radical (unpaired) electrons. The molecule has 1 fully saturated rings. The van der Waals surface area contributed by atoms with Crippen LogP contribution >= 0.6 is 0 Å². The highest BCUT2D eigenvalue weighted by molar-refractivity contribution is 5.81. The predicted molar refractivity (Wildman–Crippen MR) is 60.9 cm³/mol. The van der Waals surface area contributed by atoms with E-state index in [2.05, 4.69) is 10.6 Å². The molecule has 0 aliphatic carbocycles. The van der Waals surface area contributed by atoms with Crippen LogP contribution in [0, 0.1) is 11.3 Å². The molecule has 5 heteroatoms. The summed E-state index contributed by atoms with van der Waals surface area (Å²) in [5, 5.41) is 14.6. The van der Waals surface area contributed by atoms with Crippen molar-refractivity contribution in [2.75, 3.05) is 6.54 Å². The summed E-state index contributed by atoms with van der Waals surface area (Å²) in [6.07, 6.45) is 2.92. The van der Waals surface area contributed by atoms with E-state index in [4.69, 9.17) is 9.68 Å². The predicted octanol–water partition coefficient (Wildman–Crippen LogP) is 0.910. The zero-order chi connectivity index (χ0) is 12.1. The number of nitriles is 1. The standard InChI is InChI=1S/C12H15N3O2/c13-7-9-4-5-10(17-9)8-15-11-3-1-2-6-14-12(11)16/h4-5,11,15H,1-3,6,8H2,(H,14,16). The maximum absolute atomic E-state index is 11.6. The first kappa shape index (κ1) is 11.7. The van der Waals surface area contributed by atoms with Crippen LogP contribution in [0.5, 0.6) is 0 Å². The highest BCUT2D eigenvalue weighted by atomic mass is 16.3. The van der Waals surface area contributed by atoms with Crippen LogP contribution in [0.2, 0.25) is 0 Å². The molecule has 1 aromatic heterocycles. The summed E-state index contributed by atoms with van der Waals surface area (Å²) in [4.78, 5) is 11.6. The first-order chi connectivity index (χ1) is 8.29. The van der Waals surface area contributed by atoms with Crippen LogP contribution < -0.4 is 10.6 Å². The van der Waals surface area contributed by atoms with E-state index in [0.717, 1.165) is 25.8 Å². The lowest BCUT2D eigenvalue weighted by atomic mass is 10.1. The van der Waals surface area contributed by atoms with Crippen LogP contribution in [0.4, 0.5) is 0 Å². The second-order valence-corrected chi connectivity index (χ2v) is 4.10. The highest BCUT2D eigenvalue weighted by Crippen LogP contribution is 2.09. The van der Waals surface area contributed by atoms with E-state index < -0.39 is 0 Å². The van der Waals surface area contributed by atoms with Gasteiger partial charge in [0.1, 0.15) is 11.8 Å². The molecule has 0 saturated carbocycles. The normalized spacial score (nSPS) is 20.4. The quantitative estimate of drug-likeness (QED) is 0.813. The molecule has 2 heterocycles. The Morgan fingerprint density at radius 3 is 3.18 bits per heavy atom. The second kappa shape index (κ2) is 5.51. The molecule has 2 N–H and O–H groups in total. The third-order valence-electron chi connectivity index (χ3n) is 2.83. The molecule has 1 atom stereocenters. The Kier molecular flexibility index (Phi) is 3.78. The van der Waals surface area contributed by atoms with E-state index >= 15 is 0 Å². The van der Waals surface area contributed by atoms with E-state index in [-0.39, 0.29) is 11.9 Å². The van der Waals surface area contributed by atoms with Crippen molar-refractivity contribution in [3.8, 4) is 6.07 Å². The van der Waals surface area contributed by atoms with Crippen LogP contribution in [-0.2, 0) is 11.3 Å². The molecule has 1 unspecified atom stereocenters. The molecule has 1 aliphatic rings. The average Bonchev–Trinajstić information content (AvgIpc) is 2.70. The molecule has 1 saturated heterocycles. The molecular weight excluding hydrogens is 218 g/mol. The lowest BCUT2D eigenvalue weighted by Crippen LogP contribution is -2.42. The van der Waals surface area contributed by atoms with Gasteiger partial charge in [0, 0.05) is 6.54 Å². The minimum absolute atomic E-state index is 0.0505. The highest BCUT2D eigenvalue weighted by Gasteiger charge is 2.20. The third-order valence-corrected chi connectivity index (χ3v) is 2.83. The van der Waals surface area contributed by atoms with Gasteiger partial charge in [0.25, 0.3) is 0 Å². The molecular formula is C12H15N3O2. The number of hydrogen-bond donors (Lipinski definition) is 2. The maximum atomic E-state index is 11.6. The summed E-state index contributed by atoms with van der Waals surface area (Å²) in [5.41, 5.74) is 0. The zero-order valence-electron chi connectivity index (χ0n) is 9.53. The lowest BCUT2D eigenvalue weighted by Gasteiger charge is -2.13. The fourth-order valence-electron chi connectivity index (χ4n) is 1.89. The van der Waals surface area contributed by atoms with Gasteiger partial charge in [0.2, 0.25) is 11.7 Å². The van der Waals surface area contributed by atoms with Crippen molar-refractivity contribution in [1.82, 2.24) is 10.6 Å². The Morgan fingerprint density at radius 1 is 1.53 bits per heavy atom. The van der Waals surface area contributed by atoms with Gasteiger partial charge in [-0.1, -0.05) is 0 Å². The molecule has 0 bridgehead atoms. The van der Waals surface area contributed by atoms with Gasteiger partial charge >= 0.3 is 0 Å². The fourth-order valence-corrected chi connectivity index (χ4v) is 1.89. The van der Waals surface area contributed by atoms with Crippen LogP contribution in [0.1, 0.15) is 30.8 Å². The van der Waals surface area contributed by atoms with Gasteiger partial charge in [-0.05, 0) is 31.4 Å². The van der Waals surface area contributed by atoms with Gasteiger partial charge in [0.15, 0.2) is 0 Å². The Morgan fingerprint density at radius 2 is 2.41 bits per heavy atom. The van der Waals surface area contributed by atoms with E-state index in [1.807, 2.05) is 6.07 Å². The number of nitrogens with one attached hydrogen (secondary N) is 2. The molecule has 5 nitrogen and oxygen atoms in total. The smallest absolute Gasteiger partial charge is 0.237 e. The van der Waals surface area contributed by atoms with Crippen molar-refractivity contribution in [1.29, 1.82) is 5.26 Å². The van der Waals surface area contributed by atoms with Crippen molar-refractivity contribution in [3.05, 3.63) is 23.7 Å². The number of amides is 1.